The van der Waals surface area contributed by atoms with E-state index in [0.29, 0.717) is 0 Å². The number of hydrogen-bond acceptors (Lipinski definition) is 13. The van der Waals surface area contributed by atoms with E-state index in [9.17, 15) is 0 Å². The van der Waals surface area contributed by atoms with Crippen molar-refractivity contribution in [3.8, 4) is 0 Å². The van der Waals surface area contributed by atoms with Gasteiger partial charge in [-0.25, -0.2) is 4.57 Å². The van der Waals surface area contributed by atoms with Crippen molar-refractivity contribution in [1.29, 1.82) is 0 Å². The molecule has 0 aromatic heterocycles. The Morgan fingerprint density at radius 3 is 0.500 bits per heavy atom. The normalized spacial score (nSPS) is 9.83. The number of hydrogen-bond donors (Lipinski definition) is 3. The van der Waals surface area contributed by atoms with Gasteiger partial charge in [-0.2, -0.15) is 23.5 Å². The van der Waals surface area contributed by atoms with Crippen molar-refractivity contribution >= 4 is 31.3 Å². The van der Waals surface area contributed by atoms with Gasteiger partial charge in [0.25, 0.3) is 0 Å². The fourth-order valence-electron chi connectivity index (χ4n) is 0. The number of rotatable bonds is 0. The van der Waals surface area contributed by atoms with Crippen molar-refractivity contribution in [2.45, 2.75) is 0 Å². The zero-order valence-corrected chi connectivity index (χ0v) is 17.4. The fraction of sp³-hybridized carbons (Fsp3) is 0. The van der Waals surface area contributed by atoms with Crippen LogP contribution in [0.5, 0.6) is 0 Å². The van der Waals surface area contributed by atoms with E-state index in [2.05, 4.69) is 0 Å². The van der Waals surface area contributed by atoms with Gasteiger partial charge < -0.3 is 72.4 Å². The van der Waals surface area contributed by atoms with Crippen molar-refractivity contribution in [3.05, 3.63) is 0 Å². The molecule has 0 fully saturated rings. The summed E-state index contributed by atoms with van der Waals surface area (Å²) in [6.07, 6.45) is 0. The summed E-state index contributed by atoms with van der Waals surface area (Å²) in [6.45, 7) is 0. The van der Waals surface area contributed by atoms with Crippen LogP contribution in [0.1, 0.15) is 0 Å². The van der Waals surface area contributed by atoms with Gasteiger partial charge in [-0.3, -0.25) is 0 Å². The molecular weight excluding hydrogens is 500 g/mol. The van der Waals surface area contributed by atoms with Gasteiger partial charge in [0, 0.05) is 18.6 Å². The smallest absolute Gasteiger partial charge is 0.822 e. The minimum absolute atomic E-state index is 0. The van der Waals surface area contributed by atoms with Crippen LogP contribution in [0.3, 0.4) is 0 Å². The van der Waals surface area contributed by atoms with E-state index in [1.54, 1.807) is 0 Å². The molecule has 0 aliphatic heterocycles. The predicted octanol–water partition coefficient (Wildman–Crippen LogP) is -15.4. The summed E-state index contributed by atoms with van der Waals surface area (Å²) in [5.41, 5.74) is 0. The molecule has 0 unspecified atom stereocenters. The molecule has 138 valence electrons. The summed E-state index contributed by atoms with van der Waals surface area (Å²) in [5.74, 6) is 0. The van der Waals surface area contributed by atoms with E-state index in [1.165, 1.54) is 0 Å². The molecule has 24 heteroatoms. The maximum atomic E-state index is 8.88. The second kappa shape index (κ2) is 22.0. The van der Waals surface area contributed by atoms with Gasteiger partial charge in [-0.15, -0.1) is 0 Å². The van der Waals surface area contributed by atoms with Crippen molar-refractivity contribution in [3.63, 3.8) is 0 Å². The molecule has 0 atom stereocenters. The molecular formula is H3Li2MnO16P4V-5. The molecule has 0 saturated carbocycles. The van der Waals surface area contributed by atoms with Gasteiger partial charge in [0.05, 0.1) is 0 Å². The Labute approximate surface area is 180 Å². The minimum atomic E-state index is -5.39. The Hall–Kier alpha value is 2.74. The summed E-state index contributed by atoms with van der Waals surface area (Å²) in [5, 5.41) is 0. The molecule has 0 heterocycles. The predicted molar refractivity (Wildman–Crippen MR) is 37.1 cm³/mol. The van der Waals surface area contributed by atoms with Crippen LogP contribution >= 0.6 is 31.3 Å². The van der Waals surface area contributed by atoms with Crippen LogP contribution in [-0.2, 0) is 53.9 Å². The zero-order valence-electron chi connectivity index (χ0n) is 11.3. The Morgan fingerprint density at radius 2 is 0.500 bits per heavy atom. The van der Waals surface area contributed by atoms with Gasteiger partial charge in [0.2, 0.25) is 0 Å². The van der Waals surface area contributed by atoms with E-state index >= 15 is 0 Å². The molecule has 3 N–H and O–H groups in total. The van der Waals surface area contributed by atoms with Crippen LogP contribution in [0.2, 0.25) is 0 Å². The van der Waals surface area contributed by atoms with Crippen molar-refractivity contribution in [1.82, 2.24) is 0 Å². The first-order chi connectivity index (χ1) is 8.00. The molecule has 0 amide bonds. The molecule has 0 aromatic carbocycles. The molecule has 24 heavy (non-hydrogen) atoms. The maximum absolute atomic E-state index is 8.88. The van der Waals surface area contributed by atoms with Crippen LogP contribution < -0.4 is 81.8 Å². The minimum Gasteiger partial charge on any atom is -0.822 e. The van der Waals surface area contributed by atoms with E-state index < -0.39 is 31.3 Å². The summed E-state index contributed by atoms with van der Waals surface area (Å²) in [4.78, 5) is 98.5. The van der Waals surface area contributed by atoms with Crippen LogP contribution in [-0.4, -0.2) is 14.7 Å². The summed E-state index contributed by atoms with van der Waals surface area (Å²) < 4.78 is 34.5. The van der Waals surface area contributed by atoms with E-state index in [0.717, 1.165) is 0 Å². The van der Waals surface area contributed by atoms with Crippen LogP contribution in [0, 0.1) is 0 Å². The standard InChI is InChI=1S/2Li.Mn.4H3O4P.V/c;;;4*1-5(2,3)4;/h;;;4*(H3,1,2,3,4);/q2*+1;+2;;;;;/p-9. The molecule has 0 aromatic rings. The second-order valence-corrected chi connectivity index (χ2v) is 5.56. The summed E-state index contributed by atoms with van der Waals surface area (Å²) >= 11 is 0. The Bertz CT molecular complexity index is 301. The Morgan fingerprint density at radius 1 is 0.500 bits per heavy atom. The largest absolute Gasteiger partial charge is 2.00 e. The van der Waals surface area contributed by atoms with E-state index in [-0.39, 0.29) is 73.3 Å². The van der Waals surface area contributed by atoms with Crippen molar-refractivity contribution in [2.75, 3.05) is 0 Å². The van der Waals surface area contributed by atoms with Gasteiger partial charge in [-0.1, -0.05) is 0 Å². The third-order valence-corrected chi connectivity index (χ3v) is 0. The molecule has 0 aliphatic carbocycles. The Kier molecular flexibility index (Phi) is 46.3. The zero-order chi connectivity index (χ0) is 18.0. The topological polar surface area (TPSA) is 337 Å². The average molecular weight is 503 g/mol. The molecule has 16 nitrogen and oxygen atoms in total. The molecule has 0 bridgehead atoms. The van der Waals surface area contributed by atoms with Gasteiger partial charge in [0.1, 0.15) is 0 Å². The maximum Gasteiger partial charge on any atom is 2.00 e. The molecule has 0 aliphatic rings. The number of phosphoric acid groups is 4. The first kappa shape index (κ1) is 50.4. The van der Waals surface area contributed by atoms with Crippen molar-refractivity contribution < 1.29 is 150 Å². The van der Waals surface area contributed by atoms with Crippen molar-refractivity contribution in [2.24, 2.45) is 0 Å². The first-order valence-corrected chi connectivity index (χ1v) is 8.92. The monoisotopic (exact) mass is 503 g/mol. The van der Waals surface area contributed by atoms with E-state index in [1.807, 2.05) is 0 Å². The third-order valence-electron chi connectivity index (χ3n) is 0. The van der Waals surface area contributed by atoms with Crippen LogP contribution in [0.15, 0.2) is 0 Å². The quantitative estimate of drug-likeness (QED) is 0.204. The van der Waals surface area contributed by atoms with Crippen LogP contribution in [0.4, 0.5) is 0 Å². The first-order valence-electron chi connectivity index (χ1n) is 2.97. The van der Waals surface area contributed by atoms with Gasteiger partial charge in [0.15, 0.2) is 0 Å². The Balaban J connectivity index is -0.0000000225. The van der Waals surface area contributed by atoms with Gasteiger partial charge in [-0.05, 0) is 0 Å². The fourth-order valence-corrected chi connectivity index (χ4v) is 0. The summed E-state index contributed by atoms with van der Waals surface area (Å²) in [6, 6.07) is 0. The summed E-state index contributed by atoms with van der Waals surface area (Å²) in [7, 11) is -20.8. The second-order valence-electron chi connectivity index (χ2n) is 1.85. The molecule has 2 radical (unpaired) electrons. The van der Waals surface area contributed by atoms with E-state index in [4.69, 9.17) is 77.0 Å². The average Bonchev–Trinajstić information content (AvgIpc) is 1.62. The molecule has 0 saturated heterocycles. The molecule has 0 spiro atoms. The molecule has 0 rings (SSSR count). The third kappa shape index (κ3) is 1860. The van der Waals surface area contributed by atoms with Crippen LogP contribution in [0.25, 0.3) is 0 Å². The van der Waals surface area contributed by atoms with Gasteiger partial charge >= 0.3 is 62.6 Å². The SMILES string of the molecule is O=P(O)(O)O.O=P([O-])([O-])[O-].O=P([O-])([O-])[O-].O=P([O-])([O-])[O-].[Li+].[Li+].[Mn+2].[V].